The van der Waals surface area contributed by atoms with Crippen molar-refractivity contribution >= 4 is 5.97 Å². The Bertz CT molecular complexity index is 930. The lowest BCUT2D eigenvalue weighted by molar-refractivity contribution is 0.0697. The van der Waals surface area contributed by atoms with E-state index in [4.69, 9.17) is 9.84 Å². The summed E-state index contributed by atoms with van der Waals surface area (Å²) in [6.45, 7) is 5.09. The maximum atomic E-state index is 10.9. The molecule has 3 rings (SSSR count). The fourth-order valence-corrected chi connectivity index (χ4v) is 3.35. The van der Waals surface area contributed by atoms with Crippen molar-refractivity contribution in [1.82, 2.24) is 4.98 Å². The number of ether oxygens (including phenoxy) is 1. The van der Waals surface area contributed by atoms with E-state index in [-0.39, 0.29) is 0 Å². The van der Waals surface area contributed by atoms with E-state index in [1.165, 1.54) is 5.56 Å². The summed E-state index contributed by atoms with van der Waals surface area (Å²) >= 11 is 0. The number of nitrogens with zero attached hydrogens (tertiary/aromatic N) is 1. The highest BCUT2D eigenvalue weighted by Gasteiger charge is 2.04. The van der Waals surface area contributed by atoms with E-state index in [0.29, 0.717) is 18.1 Å². The second kappa shape index (κ2) is 10.6. The van der Waals surface area contributed by atoms with Gasteiger partial charge in [0, 0.05) is 5.56 Å². The molecule has 0 spiro atoms. The third kappa shape index (κ3) is 6.45. The summed E-state index contributed by atoms with van der Waals surface area (Å²) in [5, 5.41) is 8.93. The molecule has 30 heavy (non-hydrogen) atoms. The van der Waals surface area contributed by atoms with Crippen LogP contribution < -0.4 is 4.74 Å². The van der Waals surface area contributed by atoms with Crippen molar-refractivity contribution in [1.29, 1.82) is 0 Å². The van der Waals surface area contributed by atoms with E-state index < -0.39 is 5.97 Å². The molecule has 0 aliphatic carbocycles. The van der Waals surface area contributed by atoms with Gasteiger partial charge in [-0.05, 0) is 67.0 Å². The molecule has 1 aromatic heterocycles. The van der Waals surface area contributed by atoms with Crippen LogP contribution in [0.3, 0.4) is 0 Å². The Morgan fingerprint density at radius 1 is 0.933 bits per heavy atom. The highest BCUT2D eigenvalue weighted by Crippen LogP contribution is 2.21. The molecule has 0 fully saturated rings. The molecule has 156 valence electrons. The SMILES string of the molecule is CC(C)Cc1ccc(-c2ccc(OCCCCc3ccc(C(=O)O)cc3)cn2)cc1. The molecule has 4 heteroatoms. The molecule has 0 radical (unpaired) electrons. The van der Waals surface area contributed by atoms with Gasteiger partial charge in [-0.25, -0.2) is 4.79 Å². The van der Waals surface area contributed by atoms with Gasteiger partial charge in [0.25, 0.3) is 0 Å². The van der Waals surface area contributed by atoms with Crippen LogP contribution in [-0.4, -0.2) is 22.7 Å². The van der Waals surface area contributed by atoms with Crippen molar-refractivity contribution < 1.29 is 14.6 Å². The van der Waals surface area contributed by atoms with Crippen LogP contribution in [0.15, 0.2) is 66.9 Å². The van der Waals surface area contributed by atoms with Crippen LogP contribution in [-0.2, 0) is 12.8 Å². The molecule has 0 atom stereocenters. The number of carboxylic acids is 1. The van der Waals surface area contributed by atoms with Crippen molar-refractivity contribution in [2.24, 2.45) is 5.92 Å². The number of aryl methyl sites for hydroxylation is 1. The van der Waals surface area contributed by atoms with Gasteiger partial charge in [-0.1, -0.05) is 50.2 Å². The van der Waals surface area contributed by atoms with Crippen molar-refractivity contribution in [3.63, 3.8) is 0 Å². The number of hydrogen-bond acceptors (Lipinski definition) is 3. The average molecular weight is 404 g/mol. The Labute approximate surface area is 178 Å². The Morgan fingerprint density at radius 2 is 1.63 bits per heavy atom. The number of aromatic carboxylic acids is 1. The summed E-state index contributed by atoms with van der Waals surface area (Å²) in [4.78, 5) is 15.4. The Balaban J connectivity index is 1.42. The molecule has 0 unspecified atom stereocenters. The molecule has 0 saturated heterocycles. The number of pyridine rings is 1. The number of carbonyl (C=O) groups is 1. The minimum atomic E-state index is -0.891. The summed E-state index contributed by atoms with van der Waals surface area (Å²) in [6.07, 6.45) is 5.70. The quantitative estimate of drug-likeness (QED) is 0.419. The molecule has 0 aliphatic rings. The van der Waals surface area contributed by atoms with Crippen LogP contribution >= 0.6 is 0 Å². The number of benzene rings is 2. The largest absolute Gasteiger partial charge is 0.492 e. The molecule has 0 saturated carbocycles. The molecular weight excluding hydrogens is 374 g/mol. The Hall–Kier alpha value is -3.14. The fourth-order valence-electron chi connectivity index (χ4n) is 3.35. The molecule has 0 bridgehead atoms. The Morgan fingerprint density at radius 3 is 2.23 bits per heavy atom. The van der Waals surface area contributed by atoms with Gasteiger partial charge in [0.15, 0.2) is 0 Å². The van der Waals surface area contributed by atoms with Gasteiger partial charge >= 0.3 is 5.97 Å². The molecule has 4 nitrogen and oxygen atoms in total. The van der Waals surface area contributed by atoms with Crippen LogP contribution in [0.1, 0.15) is 48.2 Å². The zero-order valence-electron chi connectivity index (χ0n) is 17.7. The third-order valence-corrected chi connectivity index (χ3v) is 4.96. The summed E-state index contributed by atoms with van der Waals surface area (Å²) in [5.74, 6) is 0.543. The second-order valence-electron chi connectivity index (χ2n) is 7.98. The topological polar surface area (TPSA) is 59.4 Å². The highest BCUT2D eigenvalue weighted by molar-refractivity contribution is 5.87. The van der Waals surface area contributed by atoms with Crippen molar-refractivity contribution in [3.8, 4) is 17.0 Å². The predicted molar refractivity (Wildman–Crippen MR) is 120 cm³/mol. The monoisotopic (exact) mass is 403 g/mol. The van der Waals surface area contributed by atoms with E-state index in [9.17, 15) is 4.79 Å². The van der Waals surface area contributed by atoms with Gasteiger partial charge in [-0.15, -0.1) is 0 Å². The first-order chi connectivity index (χ1) is 14.5. The molecular formula is C26H29NO3. The minimum absolute atomic E-state index is 0.324. The van der Waals surface area contributed by atoms with Crippen LogP contribution in [0, 0.1) is 5.92 Å². The number of unbranched alkanes of at least 4 members (excludes halogenated alkanes) is 1. The normalized spacial score (nSPS) is 10.9. The standard InChI is InChI=1S/C26H29NO3/c1-19(2)17-21-8-10-22(11-9-21)25-15-14-24(18-27-25)30-16-4-3-5-20-6-12-23(13-7-20)26(28)29/h6-15,18-19H,3-5,16-17H2,1-2H3,(H,28,29). The number of carboxylic acid groups (broad SMARTS) is 1. The van der Waals surface area contributed by atoms with E-state index in [1.54, 1.807) is 18.3 Å². The van der Waals surface area contributed by atoms with Crippen molar-refractivity contribution in [3.05, 3.63) is 83.6 Å². The van der Waals surface area contributed by atoms with E-state index in [1.807, 2.05) is 24.3 Å². The number of hydrogen-bond donors (Lipinski definition) is 1. The van der Waals surface area contributed by atoms with Crippen LogP contribution in [0.5, 0.6) is 5.75 Å². The molecule has 0 aliphatic heterocycles. The number of rotatable bonds is 10. The first-order valence-corrected chi connectivity index (χ1v) is 10.5. The molecule has 1 heterocycles. The van der Waals surface area contributed by atoms with Crippen LogP contribution in [0.25, 0.3) is 11.3 Å². The summed E-state index contributed by atoms with van der Waals surface area (Å²) in [5.41, 5.74) is 4.88. The lowest BCUT2D eigenvalue weighted by Crippen LogP contribution is -1.99. The van der Waals surface area contributed by atoms with Gasteiger partial charge in [-0.2, -0.15) is 0 Å². The molecule has 0 amide bonds. The van der Waals surface area contributed by atoms with E-state index in [2.05, 4.69) is 43.1 Å². The summed E-state index contributed by atoms with van der Waals surface area (Å²) in [6, 6.07) is 19.6. The second-order valence-corrected chi connectivity index (χ2v) is 7.98. The average Bonchev–Trinajstić information content (AvgIpc) is 2.74. The lowest BCUT2D eigenvalue weighted by atomic mass is 10.0. The molecule has 1 N–H and O–H groups in total. The first-order valence-electron chi connectivity index (χ1n) is 10.5. The smallest absolute Gasteiger partial charge is 0.335 e. The van der Waals surface area contributed by atoms with E-state index in [0.717, 1.165) is 48.3 Å². The maximum absolute atomic E-state index is 10.9. The van der Waals surface area contributed by atoms with Crippen molar-refractivity contribution in [2.45, 2.75) is 39.5 Å². The summed E-state index contributed by atoms with van der Waals surface area (Å²) < 4.78 is 5.81. The minimum Gasteiger partial charge on any atom is -0.492 e. The van der Waals surface area contributed by atoms with Gasteiger partial charge in [-0.3, -0.25) is 4.98 Å². The molecule has 3 aromatic rings. The van der Waals surface area contributed by atoms with Gasteiger partial charge in [0.2, 0.25) is 0 Å². The number of aromatic nitrogens is 1. The predicted octanol–water partition coefficient (Wildman–Crippen LogP) is 6.05. The van der Waals surface area contributed by atoms with Gasteiger partial charge in [0.1, 0.15) is 5.75 Å². The van der Waals surface area contributed by atoms with Crippen LogP contribution in [0.2, 0.25) is 0 Å². The molecule has 2 aromatic carbocycles. The van der Waals surface area contributed by atoms with Crippen LogP contribution in [0.4, 0.5) is 0 Å². The highest BCUT2D eigenvalue weighted by atomic mass is 16.5. The third-order valence-electron chi connectivity index (χ3n) is 4.96. The van der Waals surface area contributed by atoms with Gasteiger partial charge in [0.05, 0.1) is 24.1 Å². The van der Waals surface area contributed by atoms with E-state index >= 15 is 0 Å². The maximum Gasteiger partial charge on any atom is 0.335 e. The Kier molecular flexibility index (Phi) is 7.61. The lowest BCUT2D eigenvalue weighted by Gasteiger charge is -2.08. The van der Waals surface area contributed by atoms with Crippen molar-refractivity contribution in [2.75, 3.05) is 6.61 Å². The fraction of sp³-hybridized carbons (Fsp3) is 0.308. The first kappa shape index (κ1) is 21.6. The van der Waals surface area contributed by atoms with Gasteiger partial charge < -0.3 is 9.84 Å². The zero-order chi connectivity index (χ0) is 21.3. The zero-order valence-corrected chi connectivity index (χ0v) is 17.7. The summed E-state index contributed by atoms with van der Waals surface area (Å²) in [7, 11) is 0.